The standard InChI is InChI=1S/C10H18N2O3S/c11-8(2-3-9(13)14)10(15)12-4-1-6-16-7-5-12/h8H,1-7,11H2,(H,13,14). The van der Waals surface area contributed by atoms with E-state index in [2.05, 4.69) is 0 Å². The first-order valence-corrected chi connectivity index (χ1v) is 6.60. The summed E-state index contributed by atoms with van der Waals surface area (Å²) in [4.78, 5) is 24.0. The van der Waals surface area contributed by atoms with Crippen LogP contribution < -0.4 is 5.73 Å². The van der Waals surface area contributed by atoms with Gasteiger partial charge < -0.3 is 15.7 Å². The molecule has 0 aromatic heterocycles. The van der Waals surface area contributed by atoms with Crippen LogP contribution in [0.2, 0.25) is 0 Å². The van der Waals surface area contributed by atoms with E-state index < -0.39 is 12.0 Å². The number of thioether (sulfide) groups is 1. The molecule has 1 heterocycles. The highest BCUT2D eigenvalue weighted by Gasteiger charge is 2.22. The van der Waals surface area contributed by atoms with Gasteiger partial charge in [0, 0.05) is 25.3 Å². The number of carboxylic acid groups (broad SMARTS) is 1. The van der Waals surface area contributed by atoms with Crippen LogP contribution in [0.25, 0.3) is 0 Å². The lowest BCUT2D eigenvalue weighted by atomic mass is 10.1. The topological polar surface area (TPSA) is 83.6 Å². The number of rotatable bonds is 4. The average Bonchev–Trinajstić information content (AvgIpc) is 2.53. The monoisotopic (exact) mass is 246 g/mol. The van der Waals surface area contributed by atoms with Gasteiger partial charge in [0.05, 0.1) is 6.04 Å². The zero-order chi connectivity index (χ0) is 12.0. The molecule has 0 aromatic rings. The van der Waals surface area contributed by atoms with Crippen molar-refractivity contribution in [2.75, 3.05) is 24.6 Å². The first kappa shape index (κ1) is 13.3. The molecule has 6 heteroatoms. The van der Waals surface area contributed by atoms with Crippen molar-refractivity contribution in [2.24, 2.45) is 5.73 Å². The first-order valence-electron chi connectivity index (χ1n) is 5.45. The van der Waals surface area contributed by atoms with Crippen LogP contribution in [-0.4, -0.2) is 52.5 Å². The van der Waals surface area contributed by atoms with Gasteiger partial charge in [-0.1, -0.05) is 0 Å². The second kappa shape index (κ2) is 6.75. The summed E-state index contributed by atoms with van der Waals surface area (Å²) in [7, 11) is 0. The van der Waals surface area contributed by atoms with Gasteiger partial charge in [-0.05, 0) is 18.6 Å². The number of hydrogen-bond acceptors (Lipinski definition) is 4. The molecule has 1 aliphatic rings. The van der Waals surface area contributed by atoms with Gasteiger partial charge in [-0.3, -0.25) is 9.59 Å². The maximum Gasteiger partial charge on any atom is 0.303 e. The van der Waals surface area contributed by atoms with Crippen molar-refractivity contribution in [1.29, 1.82) is 0 Å². The zero-order valence-electron chi connectivity index (χ0n) is 9.22. The van der Waals surface area contributed by atoms with Crippen LogP contribution in [0, 0.1) is 0 Å². The molecule has 0 bridgehead atoms. The van der Waals surface area contributed by atoms with Gasteiger partial charge in [0.25, 0.3) is 0 Å². The Balaban J connectivity index is 2.38. The summed E-state index contributed by atoms with van der Waals surface area (Å²) in [5.41, 5.74) is 5.69. The van der Waals surface area contributed by atoms with E-state index in [-0.39, 0.29) is 18.7 Å². The van der Waals surface area contributed by atoms with Gasteiger partial charge in [-0.15, -0.1) is 0 Å². The van der Waals surface area contributed by atoms with Crippen molar-refractivity contribution in [3.8, 4) is 0 Å². The molecule has 1 fully saturated rings. The molecular weight excluding hydrogens is 228 g/mol. The minimum absolute atomic E-state index is 0.0461. The molecule has 5 nitrogen and oxygen atoms in total. The number of nitrogens with zero attached hydrogens (tertiary/aromatic N) is 1. The van der Waals surface area contributed by atoms with Gasteiger partial charge in [-0.2, -0.15) is 11.8 Å². The Bertz CT molecular complexity index is 252. The maximum absolute atomic E-state index is 11.9. The number of carboxylic acids is 1. The largest absolute Gasteiger partial charge is 0.481 e. The maximum atomic E-state index is 11.9. The molecule has 3 N–H and O–H groups in total. The third kappa shape index (κ3) is 4.40. The van der Waals surface area contributed by atoms with Crippen molar-refractivity contribution in [3.63, 3.8) is 0 Å². The molecule has 0 aliphatic carbocycles. The molecule has 92 valence electrons. The summed E-state index contributed by atoms with van der Waals surface area (Å²) in [5.74, 6) is 1.00. The van der Waals surface area contributed by atoms with E-state index in [1.165, 1.54) is 0 Å². The quantitative estimate of drug-likeness (QED) is 0.737. The lowest BCUT2D eigenvalue weighted by Gasteiger charge is -2.23. The number of nitrogens with two attached hydrogens (primary N) is 1. The molecule has 1 atom stereocenters. The first-order chi connectivity index (χ1) is 7.61. The molecule has 1 unspecified atom stereocenters. The van der Waals surface area contributed by atoms with Gasteiger partial charge in [0.2, 0.25) is 5.91 Å². The third-order valence-electron chi connectivity index (χ3n) is 2.52. The Hall–Kier alpha value is -0.750. The minimum Gasteiger partial charge on any atom is -0.481 e. The molecule has 0 radical (unpaired) electrons. The van der Waals surface area contributed by atoms with Gasteiger partial charge in [-0.25, -0.2) is 0 Å². The van der Waals surface area contributed by atoms with Gasteiger partial charge >= 0.3 is 5.97 Å². The predicted octanol–water partition coefficient (Wildman–Crippen LogP) is 0.144. The number of aliphatic carboxylic acids is 1. The van der Waals surface area contributed by atoms with Crippen LogP contribution in [0.3, 0.4) is 0 Å². The van der Waals surface area contributed by atoms with Crippen molar-refractivity contribution in [2.45, 2.75) is 25.3 Å². The molecule has 1 amide bonds. The Morgan fingerprint density at radius 2 is 2.12 bits per heavy atom. The molecule has 0 saturated carbocycles. The Labute approximate surface area is 99.4 Å². The van der Waals surface area contributed by atoms with Crippen LogP contribution in [-0.2, 0) is 9.59 Å². The Kier molecular flexibility index (Phi) is 5.62. The minimum atomic E-state index is -0.908. The lowest BCUT2D eigenvalue weighted by molar-refractivity contribution is -0.137. The van der Waals surface area contributed by atoms with Crippen molar-refractivity contribution >= 4 is 23.6 Å². The van der Waals surface area contributed by atoms with Crippen LogP contribution in [0.1, 0.15) is 19.3 Å². The van der Waals surface area contributed by atoms with E-state index >= 15 is 0 Å². The molecule has 0 aromatic carbocycles. The van der Waals surface area contributed by atoms with Crippen LogP contribution in [0.4, 0.5) is 0 Å². The van der Waals surface area contributed by atoms with Gasteiger partial charge in [0.15, 0.2) is 0 Å². The molecule has 1 aliphatic heterocycles. The molecular formula is C10H18N2O3S. The smallest absolute Gasteiger partial charge is 0.303 e. The average molecular weight is 246 g/mol. The number of amides is 1. The SMILES string of the molecule is NC(CCC(=O)O)C(=O)N1CCCSCC1. The molecule has 1 rings (SSSR count). The van der Waals surface area contributed by atoms with Crippen molar-refractivity contribution in [3.05, 3.63) is 0 Å². The van der Waals surface area contributed by atoms with E-state index in [9.17, 15) is 9.59 Å². The number of carbonyl (C=O) groups excluding carboxylic acids is 1. The van der Waals surface area contributed by atoms with Crippen molar-refractivity contribution in [1.82, 2.24) is 4.90 Å². The summed E-state index contributed by atoms with van der Waals surface area (Å²) >= 11 is 1.84. The summed E-state index contributed by atoms with van der Waals surface area (Å²) in [6.45, 7) is 1.47. The second-order valence-electron chi connectivity index (χ2n) is 3.83. The van der Waals surface area contributed by atoms with E-state index in [1.807, 2.05) is 11.8 Å². The fraction of sp³-hybridized carbons (Fsp3) is 0.800. The highest BCUT2D eigenvalue weighted by atomic mass is 32.2. The predicted molar refractivity (Wildman–Crippen MR) is 63.4 cm³/mol. The lowest BCUT2D eigenvalue weighted by Crippen LogP contribution is -2.44. The van der Waals surface area contributed by atoms with E-state index in [0.717, 1.165) is 31.0 Å². The van der Waals surface area contributed by atoms with Crippen LogP contribution >= 0.6 is 11.8 Å². The number of carbonyl (C=O) groups is 2. The van der Waals surface area contributed by atoms with Crippen LogP contribution in [0.15, 0.2) is 0 Å². The Morgan fingerprint density at radius 1 is 1.38 bits per heavy atom. The highest BCUT2D eigenvalue weighted by molar-refractivity contribution is 7.99. The summed E-state index contributed by atoms with van der Waals surface area (Å²) < 4.78 is 0. The third-order valence-corrected chi connectivity index (χ3v) is 3.57. The highest BCUT2D eigenvalue weighted by Crippen LogP contribution is 2.11. The Morgan fingerprint density at radius 3 is 2.81 bits per heavy atom. The second-order valence-corrected chi connectivity index (χ2v) is 5.05. The fourth-order valence-corrected chi connectivity index (χ4v) is 2.49. The summed E-state index contributed by atoms with van der Waals surface area (Å²) in [6.07, 6.45) is 1.16. The van der Waals surface area contributed by atoms with E-state index in [1.54, 1.807) is 4.90 Å². The normalized spacial score (nSPS) is 18.9. The van der Waals surface area contributed by atoms with E-state index in [4.69, 9.17) is 10.8 Å². The molecule has 0 spiro atoms. The molecule has 16 heavy (non-hydrogen) atoms. The summed E-state index contributed by atoms with van der Waals surface area (Å²) in [5, 5.41) is 8.52. The summed E-state index contributed by atoms with van der Waals surface area (Å²) in [6, 6.07) is -0.667. The van der Waals surface area contributed by atoms with Crippen molar-refractivity contribution < 1.29 is 14.7 Å². The van der Waals surface area contributed by atoms with Gasteiger partial charge in [0.1, 0.15) is 0 Å². The zero-order valence-corrected chi connectivity index (χ0v) is 10.0. The van der Waals surface area contributed by atoms with E-state index in [0.29, 0.717) is 0 Å². The van der Waals surface area contributed by atoms with Crippen LogP contribution in [0.5, 0.6) is 0 Å². The fourth-order valence-electron chi connectivity index (χ4n) is 1.60. The number of hydrogen-bond donors (Lipinski definition) is 2. The molecule has 1 saturated heterocycles.